The lowest BCUT2D eigenvalue weighted by molar-refractivity contribution is 0.246. The second-order valence-corrected chi connectivity index (χ2v) is 10.9. The molecule has 2 atom stereocenters. The highest BCUT2D eigenvalue weighted by atomic mass is 19.2. The number of halogens is 2. The lowest BCUT2D eigenvalue weighted by Gasteiger charge is -2.21. The second kappa shape index (κ2) is 11.8. The quantitative estimate of drug-likeness (QED) is 0.240. The predicted molar refractivity (Wildman–Crippen MR) is 159 cm³/mol. The van der Waals surface area contributed by atoms with E-state index >= 15 is 0 Å². The Morgan fingerprint density at radius 2 is 1.84 bits per heavy atom. The summed E-state index contributed by atoms with van der Waals surface area (Å²) in [5.74, 6) is 0.144. The molecule has 0 radical (unpaired) electrons. The van der Waals surface area contributed by atoms with Crippen molar-refractivity contribution in [1.29, 1.82) is 0 Å². The summed E-state index contributed by atoms with van der Waals surface area (Å²) < 4.78 is 37.4. The van der Waals surface area contributed by atoms with Gasteiger partial charge in [-0.3, -0.25) is 14.9 Å². The molecule has 222 valence electrons. The van der Waals surface area contributed by atoms with Gasteiger partial charge in [0.1, 0.15) is 23.0 Å². The van der Waals surface area contributed by atoms with E-state index in [9.17, 15) is 13.6 Å². The third-order valence-corrected chi connectivity index (χ3v) is 7.86. The fourth-order valence-corrected chi connectivity index (χ4v) is 5.69. The van der Waals surface area contributed by atoms with Crippen molar-refractivity contribution in [2.75, 3.05) is 18.4 Å². The Bertz CT molecular complexity index is 1740. The molecule has 4 heterocycles. The van der Waals surface area contributed by atoms with Gasteiger partial charge in [0.05, 0.1) is 24.5 Å². The molecule has 1 aliphatic rings. The molecule has 11 heteroatoms. The minimum Gasteiger partial charge on any atom is -0.465 e. The summed E-state index contributed by atoms with van der Waals surface area (Å²) in [5, 5.41) is 15.2. The number of benzene rings is 2. The van der Waals surface area contributed by atoms with Gasteiger partial charge in [-0.15, -0.1) is 0 Å². The molecule has 0 bridgehead atoms. The van der Waals surface area contributed by atoms with Crippen LogP contribution in [-0.4, -0.2) is 49.6 Å². The lowest BCUT2D eigenvalue weighted by Crippen LogP contribution is -2.42. The van der Waals surface area contributed by atoms with E-state index in [-0.39, 0.29) is 12.0 Å². The fourth-order valence-electron chi connectivity index (χ4n) is 5.69. The molecule has 9 nitrogen and oxygen atoms in total. The maximum Gasteiger partial charge on any atom is 0.320 e. The number of urea groups is 1. The molecule has 5 aromatic rings. The van der Waals surface area contributed by atoms with Crippen LogP contribution in [0.4, 0.5) is 19.4 Å². The highest BCUT2D eigenvalue weighted by Crippen LogP contribution is 2.32. The first-order valence-corrected chi connectivity index (χ1v) is 14.3. The normalized spacial score (nSPS) is 17.0. The van der Waals surface area contributed by atoms with Gasteiger partial charge >= 0.3 is 6.03 Å². The van der Waals surface area contributed by atoms with Gasteiger partial charge in [0.25, 0.3) is 0 Å². The number of nitrogens with zero attached hydrogens (tertiary/aromatic N) is 5. The Labute approximate surface area is 248 Å². The summed E-state index contributed by atoms with van der Waals surface area (Å²) in [4.78, 5) is 15.8. The summed E-state index contributed by atoms with van der Waals surface area (Å²) in [7, 11) is 1.84. The number of hydrogen-bond donors (Lipinski definition) is 2. The summed E-state index contributed by atoms with van der Waals surface area (Å²) in [6, 6.07) is 16.6. The average molecular weight is 586 g/mol. The van der Waals surface area contributed by atoms with Crippen molar-refractivity contribution < 1.29 is 18.0 Å². The van der Waals surface area contributed by atoms with E-state index in [0.29, 0.717) is 36.7 Å². The second-order valence-electron chi connectivity index (χ2n) is 10.9. The molecule has 3 aromatic heterocycles. The van der Waals surface area contributed by atoms with Gasteiger partial charge in [0, 0.05) is 49.8 Å². The average Bonchev–Trinajstić information content (AvgIpc) is 3.79. The van der Waals surface area contributed by atoms with Crippen molar-refractivity contribution in [3.8, 4) is 16.9 Å². The van der Waals surface area contributed by atoms with Crippen molar-refractivity contribution in [3.63, 3.8) is 0 Å². The van der Waals surface area contributed by atoms with Crippen LogP contribution in [0.5, 0.6) is 0 Å². The Balaban J connectivity index is 1.27. The SMILES string of the molecule is CCc1ccc(CN2C[C@@H](NC(=O)Nc3c(C)c(-c4cnn(C)c4)nn3-c3ccccc3)[C@H](c3ccc(F)c(F)c3)C2)o1. The van der Waals surface area contributed by atoms with Crippen LogP contribution in [0.25, 0.3) is 16.9 Å². The number of nitrogens with one attached hydrogen (secondary N) is 2. The molecule has 1 aliphatic heterocycles. The number of carbonyl (C=O) groups excluding carboxylic acids is 1. The largest absolute Gasteiger partial charge is 0.465 e. The van der Waals surface area contributed by atoms with Gasteiger partial charge in [-0.2, -0.15) is 10.2 Å². The topological polar surface area (TPSA) is 93.2 Å². The van der Waals surface area contributed by atoms with Gasteiger partial charge in [0.2, 0.25) is 0 Å². The van der Waals surface area contributed by atoms with E-state index in [2.05, 4.69) is 20.6 Å². The maximum absolute atomic E-state index is 14.3. The minimum atomic E-state index is -0.914. The summed E-state index contributed by atoms with van der Waals surface area (Å²) >= 11 is 0. The highest BCUT2D eigenvalue weighted by Gasteiger charge is 2.36. The monoisotopic (exact) mass is 585 g/mol. The standard InChI is InChI=1S/C32H33F2N7O2/c1-4-24-11-12-25(43-24)17-40-18-26(21-10-13-27(33)28(34)14-21)29(19-40)36-32(42)37-31-20(2)30(22-15-35-39(3)16-22)38-41(31)23-8-6-5-7-9-23/h5-16,26,29H,4,17-19H2,1-3H3,(H2,36,37,42)/t26-,29+/m0/s1. The zero-order chi connectivity index (χ0) is 30.1. The number of aromatic nitrogens is 4. The van der Waals surface area contributed by atoms with Crippen LogP contribution in [0.2, 0.25) is 0 Å². The van der Waals surface area contributed by atoms with Gasteiger partial charge in [0.15, 0.2) is 11.6 Å². The van der Waals surface area contributed by atoms with Crippen molar-refractivity contribution >= 4 is 11.8 Å². The van der Waals surface area contributed by atoms with Gasteiger partial charge < -0.3 is 9.73 Å². The summed E-state index contributed by atoms with van der Waals surface area (Å²) in [6.45, 7) is 5.50. The smallest absolute Gasteiger partial charge is 0.320 e. The van der Waals surface area contributed by atoms with Gasteiger partial charge in [-0.05, 0) is 48.9 Å². The van der Waals surface area contributed by atoms with Crippen LogP contribution in [0.1, 0.15) is 35.5 Å². The van der Waals surface area contributed by atoms with Crippen molar-refractivity contribution in [2.45, 2.75) is 38.8 Å². The number of aryl methyl sites for hydroxylation is 2. The van der Waals surface area contributed by atoms with Crippen LogP contribution in [0.3, 0.4) is 0 Å². The highest BCUT2D eigenvalue weighted by molar-refractivity contribution is 5.91. The van der Waals surface area contributed by atoms with Crippen LogP contribution in [0, 0.1) is 18.6 Å². The molecule has 43 heavy (non-hydrogen) atoms. The number of hydrogen-bond acceptors (Lipinski definition) is 5. The Morgan fingerprint density at radius 3 is 2.53 bits per heavy atom. The van der Waals surface area contributed by atoms with E-state index in [1.807, 2.05) is 69.6 Å². The molecule has 2 N–H and O–H groups in total. The van der Waals surface area contributed by atoms with Crippen LogP contribution >= 0.6 is 0 Å². The number of para-hydroxylation sites is 1. The molecule has 2 aromatic carbocycles. The van der Waals surface area contributed by atoms with Crippen LogP contribution in [-0.2, 0) is 20.0 Å². The number of anilines is 1. The molecule has 6 rings (SSSR count). The number of furan rings is 1. The number of rotatable bonds is 8. The summed E-state index contributed by atoms with van der Waals surface area (Å²) in [6.07, 6.45) is 4.40. The van der Waals surface area contributed by atoms with E-state index < -0.39 is 17.7 Å². The van der Waals surface area contributed by atoms with Crippen LogP contribution < -0.4 is 10.6 Å². The number of likely N-dealkylation sites (tertiary alicyclic amines) is 1. The minimum absolute atomic E-state index is 0.271. The Kier molecular flexibility index (Phi) is 7.81. The lowest BCUT2D eigenvalue weighted by atomic mass is 9.94. The van der Waals surface area contributed by atoms with E-state index in [1.54, 1.807) is 21.6 Å². The molecule has 0 aliphatic carbocycles. The van der Waals surface area contributed by atoms with Gasteiger partial charge in [-0.1, -0.05) is 31.2 Å². The molecular formula is C32H33F2N7O2. The molecule has 0 spiro atoms. The van der Waals surface area contributed by atoms with Gasteiger partial charge in [-0.25, -0.2) is 18.3 Å². The predicted octanol–water partition coefficient (Wildman–Crippen LogP) is 5.80. The first kappa shape index (κ1) is 28.4. The van der Waals surface area contributed by atoms with Crippen molar-refractivity contribution in [1.82, 2.24) is 29.8 Å². The Hall–Kier alpha value is -4.77. The van der Waals surface area contributed by atoms with Crippen molar-refractivity contribution in [3.05, 3.63) is 107 Å². The molecular weight excluding hydrogens is 552 g/mol. The molecule has 1 fully saturated rings. The summed E-state index contributed by atoms with van der Waals surface area (Å²) in [5.41, 5.74) is 3.70. The fraction of sp³-hybridized carbons (Fsp3) is 0.281. The number of amides is 2. The van der Waals surface area contributed by atoms with E-state index in [0.717, 1.165) is 40.8 Å². The third-order valence-electron chi connectivity index (χ3n) is 7.86. The zero-order valence-electron chi connectivity index (χ0n) is 24.2. The Morgan fingerprint density at radius 1 is 1.05 bits per heavy atom. The van der Waals surface area contributed by atoms with Crippen LogP contribution in [0.15, 0.2) is 77.5 Å². The van der Waals surface area contributed by atoms with Crippen molar-refractivity contribution in [2.24, 2.45) is 7.05 Å². The molecule has 1 saturated heterocycles. The first-order chi connectivity index (χ1) is 20.8. The molecule has 0 saturated carbocycles. The zero-order valence-corrected chi connectivity index (χ0v) is 24.2. The van der Waals surface area contributed by atoms with E-state index in [4.69, 9.17) is 9.52 Å². The number of carbonyl (C=O) groups is 1. The first-order valence-electron chi connectivity index (χ1n) is 14.3. The third kappa shape index (κ3) is 5.94. The van der Waals surface area contributed by atoms with E-state index in [1.165, 1.54) is 6.07 Å². The maximum atomic E-state index is 14.3. The molecule has 2 amide bonds. The molecule has 0 unspecified atom stereocenters.